The standard InChI is InChI=1S/C26H34N4O4/c1-33-23-9-7-22(8-10-23)26(21-5-3-2-4-6-21)27-24(31)19-28-11-13-29(14-12-28)20-25(32)30-15-17-34-18-16-30/h2-10,26H,11-20H2,1H3,(H,27,31). The third-order valence-electron chi connectivity index (χ3n) is 6.44. The summed E-state index contributed by atoms with van der Waals surface area (Å²) < 4.78 is 10.6. The third kappa shape index (κ3) is 6.56. The smallest absolute Gasteiger partial charge is 0.236 e. The Morgan fingerprint density at radius 1 is 0.853 bits per heavy atom. The highest BCUT2D eigenvalue weighted by molar-refractivity contribution is 5.79. The van der Waals surface area contributed by atoms with Gasteiger partial charge in [0.05, 0.1) is 39.5 Å². The quantitative estimate of drug-likeness (QED) is 0.634. The number of methoxy groups -OCH3 is 1. The van der Waals surface area contributed by atoms with Gasteiger partial charge in [0.2, 0.25) is 11.8 Å². The zero-order chi connectivity index (χ0) is 23.8. The number of amides is 2. The third-order valence-corrected chi connectivity index (χ3v) is 6.44. The van der Waals surface area contributed by atoms with Crippen LogP contribution in [0.25, 0.3) is 0 Å². The van der Waals surface area contributed by atoms with Crippen molar-refractivity contribution in [2.24, 2.45) is 0 Å². The Morgan fingerprint density at radius 3 is 2.06 bits per heavy atom. The maximum absolute atomic E-state index is 13.0. The van der Waals surface area contributed by atoms with E-state index >= 15 is 0 Å². The van der Waals surface area contributed by atoms with E-state index in [9.17, 15) is 9.59 Å². The summed E-state index contributed by atoms with van der Waals surface area (Å²) in [6.45, 7) is 6.46. The van der Waals surface area contributed by atoms with Crippen LogP contribution in [-0.2, 0) is 14.3 Å². The number of ether oxygens (including phenoxy) is 2. The largest absolute Gasteiger partial charge is 0.497 e. The Morgan fingerprint density at radius 2 is 1.44 bits per heavy atom. The van der Waals surface area contributed by atoms with E-state index in [-0.39, 0.29) is 17.9 Å². The summed E-state index contributed by atoms with van der Waals surface area (Å²) in [4.78, 5) is 31.7. The number of morpholine rings is 1. The predicted molar refractivity (Wildman–Crippen MR) is 130 cm³/mol. The van der Waals surface area contributed by atoms with E-state index in [0.29, 0.717) is 39.4 Å². The number of hydrogen-bond donors (Lipinski definition) is 1. The first-order valence-electron chi connectivity index (χ1n) is 11.9. The van der Waals surface area contributed by atoms with Crippen LogP contribution in [0.3, 0.4) is 0 Å². The van der Waals surface area contributed by atoms with E-state index in [2.05, 4.69) is 15.1 Å². The van der Waals surface area contributed by atoms with Crippen molar-refractivity contribution < 1.29 is 19.1 Å². The molecule has 182 valence electrons. The maximum Gasteiger partial charge on any atom is 0.236 e. The molecule has 0 saturated carbocycles. The lowest BCUT2D eigenvalue weighted by atomic mass is 9.98. The van der Waals surface area contributed by atoms with E-state index in [1.165, 1.54) is 0 Å². The Bertz CT molecular complexity index is 924. The number of benzene rings is 2. The van der Waals surface area contributed by atoms with Crippen molar-refractivity contribution >= 4 is 11.8 Å². The number of piperazine rings is 1. The molecule has 34 heavy (non-hydrogen) atoms. The molecule has 2 amide bonds. The van der Waals surface area contributed by atoms with E-state index in [4.69, 9.17) is 9.47 Å². The Balaban J connectivity index is 1.29. The molecule has 2 saturated heterocycles. The summed E-state index contributed by atoms with van der Waals surface area (Å²) in [5, 5.41) is 3.21. The van der Waals surface area contributed by atoms with E-state index < -0.39 is 0 Å². The van der Waals surface area contributed by atoms with E-state index in [1.54, 1.807) is 7.11 Å². The SMILES string of the molecule is COc1ccc(C(NC(=O)CN2CCN(CC(=O)N3CCOCC3)CC2)c2ccccc2)cc1. The average Bonchev–Trinajstić information content (AvgIpc) is 2.89. The maximum atomic E-state index is 13.0. The van der Waals surface area contributed by atoms with Crippen molar-refractivity contribution in [1.82, 2.24) is 20.0 Å². The molecule has 0 radical (unpaired) electrons. The second-order valence-electron chi connectivity index (χ2n) is 8.73. The van der Waals surface area contributed by atoms with Gasteiger partial charge in [-0.2, -0.15) is 0 Å². The van der Waals surface area contributed by atoms with Gasteiger partial charge in [0.1, 0.15) is 5.75 Å². The molecule has 1 N–H and O–H groups in total. The second kappa shape index (κ2) is 12.0. The van der Waals surface area contributed by atoms with Crippen molar-refractivity contribution in [3.63, 3.8) is 0 Å². The zero-order valence-corrected chi connectivity index (χ0v) is 19.8. The number of rotatable bonds is 8. The second-order valence-corrected chi connectivity index (χ2v) is 8.73. The minimum atomic E-state index is -0.230. The van der Waals surface area contributed by atoms with Gasteiger partial charge >= 0.3 is 0 Å². The molecular formula is C26H34N4O4. The number of hydrogen-bond acceptors (Lipinski definition) is 6. The zero-order valence-electron chi connectivity index (χ0n) is 19.8. The predicted octanol–water partition coefficient (Wildman–Crippen LogP) is 1.38. The van der Waals surface area contributed by atoms with Crippen molar-refractivity contribution in [3.8, 4) is 5.75 Å². The van der Waals surface area contributed by atoms with Crippen LogP contribution in [0.15, 0.2) is 54.6 Å². The number of nitrogens with one attached hydrogen (secondary N) is 1. The monoisotopic (exact) mass is 466 g/mol. The minimum Gasteiger partial charge on any atom is -0.497 e. The highest BCUT2D eigenvalue weighted by Crippen LogP contribution is 2.24. The molecule has 1 unspecified atom stereocenters. The molecule has 2 aromatic rings. The van der Waals surface area contributed by atoms with Crippen LogP contribution in [0.1, 0.15) is 17.2 Å². The summed E-state index contributed by atoms with van der Waals surface area (Å²) in [6.07, 6.45) is 0. The lowest BCUT2D eigenvalue weighted by Crippen LogP contribution is -2.53. The summed E-state index contributed by atoms with van der Waals surface area (Å²) in [5.41, 5.74) is 2.04. The highest BCUT2D eigenvalue weighted by atomic mass is 16.5. The van der Waals surface area contributed by atoms with Crippen molar-refractivity contribution in [1.29, 1.82) is 0 Å². The fourth-order valence-corrected chi connectivity index (χ4v) is 4.42. The molecule has 2 aromatic carbocycles. The first-order valence-corrected chi connectivity index (χ1v) is 11.9. The fraction of sp³-hybridized carbons (Fsp3) is 0.462. The van der Waals surface area contributed by atoms with Crippen molar-refractivity contribution in [2.45, 2.75) is 6.04 Å². The molecule has 0 bridgehead atoms. The first-order chi connectivity index (χ1) is 16.6. The highest BCUT2D eigenvalue weighted by Gasteiger charge is 2.25. The first kappa shape index (κ1) is 24.2. The van der Waals surface area contributed by atoms with Gasteiger partial charge in [-0.15, -0.1) is 0 Å². The molecular weight excluding hydrogens is 432 g/mol. The molecule has 0 spiro atoms. The normalized spacial score (nSPS) is 18.3. The van der Waals surface area contributed by atoms with Crippen LogP contribution in [0.5, 0.6) is 5.75 Å². The van der Waals surface area contributed by atoms with Crippen LogP contribution < -0.4 is 10.1 Å². The van der Waals surface area contributed by atoms with Gasteiger partial charge in [-0.05, 0) is 23.3 Å². The van der Waals surface area contributed by atoms with Crippen molar-refractivity contribution in [3.05, 3.63) is 65.7 Å². The van der Waals surface area contributed by atoms with E-state index in [0.717, 1.165) is 43.1 Å². The summed E-state index contributed by atoms with van der Waals surface area (Å²) >= 11 is 0. The van der Waals surface area contributed by atoms with Crippen LogP contribution >= 0.6 is 0 Å². The lowest BCUT2D eigenvalue weighted by molar-refractivity contribution is -0.137. The Labute approximate surface area is 201 Å². The van der Waals surface area contributed by atoms with Gasteiger partial charge in [0.15, 0.2) is 0 Å². The lowest BCUT2D eigenvalue weighted by Gasteiger charge is -2.36. The fourth-order valence-electron chi connectivity index (χ4n) is 4.42. The van der Waals surface area contributed by atoms with Crippen LogP contribution in [0, 0.1) is 0 Å². The summed E-state index contributed by atoms with van der Waals surface area (Å²) in [5.74, 6) is 0.939. The van der Waals surface area contributed by atoms with Crippen LogP contribution in [-0.4, -0.2) is 99.2 Å². The Hall–Kier alpha value is -2.94. The van der Waals surface area contributed by atoms with Crippen LogP contribution in [0.4, 0.5) is 0 Å². The van der Waals surface area contributed by atoms with Gasteiger partial charge in [0.25, 0.3) is 0 Å². The number of nitrogens with zero attached hydrogens (tertiary/aromatic N) is 3. The summed E-state index contributed by atoms with van der Waals surface area (Å²) in [6, 6.07) is 17.6. The molecule has 8 heteroatoms. The minimum absolute atomic E-state index is 0.0116. The average molecular weight is 467 g/mol. The molecule has 0 aromatic heterocycles. The summed E-state index contributed by atoms with van der Waals surface area (Å²) in [7, 11) is 1.64. The Kier molecular flexibility index (Phi) is 8.51. The number of carbonyl (C=O) groups is 2. The molecule has 0 aliphatic carbocycles. The van der Waals surface area contributed by atoms with Crippen molar-refractivity contribution in [2.75, 3.05) is 72.7 Å². The van der Waals surface area contributed by atoms with Gasteiger partial charge in [-0.25, -0.2) is 0 Å². The molecule has 2 aliphatic heterocycles. The van der Waals surface area contributed by atoms with Gasteiger partial charge in [-0.3, -0.25) is 19.4 Å². The molecule has 4 rings (SSSR count). The van der Waals surface area contributed by atoms with Gasteiger partial charge in [-0.1, -0.05) is 42.5 Å². The van der Waals surface area contributed by atoms with Crippen LogP contribution in [0.2, 0.25) is 0 Å². The van der Waals surface area contributed by atoms with Gasteiger partial charge < -0.3 is 19.7 Å². The molecule has 2 heterocycles. The number of carbonyl (C=O) groups excluding carboxylic acids is 2. The van der Waals surface area contributed by atoms with Gasteiger partial charge in [0, 0.05) is 39.3 Å². The van der Waals surface area contributed by atoms with E-state index in [1.807, 2.05) is 59.5 Å². The molecule has 2 aliphatic rings. The molecule has 2 fully saturated rings. The topological polar surface area (TPSA) is 74.4 Å². The molecule has 1 atom stereocenters. The molecule has 8 nitrogen and oxygen atoms in total.